The van der Waals surface area contributed by atoms with E-state index in [1.807, 2.05) is 41.3 Å². The van der Waals surface area contributed by atoms with Crippen LogP contribution >= 0.6 is 0 Å². The molecule has 0 radical (unpaired) electrons. The van der Waals surface area contributed by atoms with E-state index in [2.05, 4.69) is 31.7 Å². The molecule has 1 aliphatic heterocycles. The van der Waals surface area contributed by atoms with Crippen molar-refractivity contribution in [3.8, 4) is 16.9 Å². The maximum absolute atomic E-state index is 9.29. The van der Waals surface area contributed by atoms with Gasteiger partial charge in [-0.15, -0.1) is 10.2 Å². The summed E-state index contributed by atoms with van der Waals surface area (Å²) in [4.78, 5) is 4.66. The van der Waals surface area contributed by atoms with Crippen molar-refractivity contribution in [2.45, 2.75) is 33.4 Å². The van der Waals surface area contributed by atoms with Crippen molar-refractivity contribution in [2.75, 3.05) is 18.5 Å². The Morgan fingerprint density at radius 2 is 2.17 bits per heavy atom. The SMILES string of the molecule is Cc1nn(CCO)c(C)c1-c1cnc(NCc2cccc3c2CCO3)n2cnnc12. The van der Waals surface area contributed by atoms with Gasteiger partial charge < -0.3 is 15.2 Å². The van der Waals surface area contributed by atoms with E-state index in [-0.39, 0.29) is 6.61 Å². The highest BCUT2D eigenvalue weighted by Crippen LogP contribution is 2.31. The van der Waals surface area contributed by atoms with Crippen LogP contribution in [-0.4, -0.2) is 47.7 Å². The van der Waals surface area contributed by atoms with Gasteiger partial charge in [0.05, 0.1) is 25.5 Å². The molecule has 0 saturated heterocycles. The molecule has 0 saturated carbocycles. The van der Waals surface area contributed by atoms with Gasteiger partial charge in [0.25, 0.3) is 0 Å². The second-order valence-corrected chi connectivity index (χ2v) is 7.36. The maximum Gasteiger partial charge on any atom is 0.210 e. The molecular weight excluding hydrogens is 382 g/mol. The predicted molar refractivity (Wildman–Crippen MR) is 112 cm³/mol. The highest BCUT2D eigenvalue weighted by atomic mass is 16.5. The van der Waals surface area contributed by atoms with Crippen LogP contribution in [0.2, 0.25) is 0 Å². The number of ether oxygens (including phenoxy) is 1. The smallest absolute Gasteiger partial charge is 0.210 e. The molecule has 154 valence electrons. The lowest BCUT2D eigenvalue weighted by Crippen LogP contribution is -2.08. The van der Waals surface area contributed by atoms with Crippen LogP contribution in [0.3, 0.4) is 0 Å². The van der Waals surface area contributed by atoms with Gasteiger partial charge in [-0.05, 0) is 25.5 Å². The van der Waals surface area contributed by atoms with Gasteiger partial charge >= 0.3 is 0 Å². The topological polar surface area (TPSA) is 102 Å². The monoisotopic (exact) mass is 405 g/mol. The maximum atomic E-state index is 9.29. The van der Waals surface area contributed by atoms with E-state index in [4.69, 9.17) is 4.74 Å². The second-order valence-electron chi connectivity index (χ2n) is 7.36. The first-order chi connectivity index (χ1) is 14.7. The standard InChI is InChI=1S/C21H23N7O2/c1-13-19(14(2)28(26-13)7-8-29)17-11-23-21(27-12-24-25-20(17)27)22-10-15-4-3-5-18-16(15)6-9-30-18/h3-5,11-12,29H,6-10H2,1-2H3,(H,22,23). The number of aryl methyl sites for hydroxylation is 1. The largest absolute Gasteiger partial charge is 0.493 e. The third-order valence-electron chi connectivity index (χ3n) is 5.57. The van der Waals surface area contributed by atoms with E-state index < -0.39 is 0 Å². The number of aromatic nitrogens is 6. The molecule has 4 heterocycles. The summed E-state index contributed by atoms with van der Waals surface area (Å²) in [7, 11) is 0. The number of nitrogens with zero attached hydrogens (tertiary/aromatic N) is 6. The average Bonchev–Trinajstić information content (AvgIpc) is 3.47. The summed E-state index contributed by atoms with van der Waals surface area (Å²) in [5.41, 5.74) is 6.84. The van der Waals surface area contributed by atoms with Crippen LogP contribution in [0.4, 0.5) is 5.95 Å². The number of aliphatic hydroxyl groups excluding tert-OH is 1. The Labute approximate surface area is 173 Å². The minimum atomic E-state index is 0.0388. The van der Waals surface area contributed by atoms with E-state index >= 15 is 0 Å². The minimum absolute atomic E-state index is 0.0388. The summed E-state index contributed by atoms with van der Waals surface area (Å²) in [6.07, 6.45) is 4.40. The zero-order valence-corrected chi connectivity index (χ0v) is 17.0. The van der Waals surface area contributed by atoms with Crippen LogP contribution in [0.1, 0.15) is 22.5 Å². The molecule has 1 aromatic carbocycles. The van der Waals surface area contributed by atoms with Gasteiger partial charge in [0.2, 0.25) is 5.95 Å². The number of aliphatic hydroxyl groups is 1. The Bertz CT molecular complexity index is 1230. The van der Waals surface area contributed by atoms with Crippen molar-refractivity contribution in [3.63, 3.8) is 0 Å². The minimum Gasteiger partial charge on any atom is -0.493 e. The summed E-state index contributed by atoms with van der Waals surface area (Å²) in [5.74, 6) is 1.64. The molecule has 4 aromatic rings. The number of hydrogen-bond donors (Lipinski definition) is 2. The summed E-state index contributed by atoms with van der Waals surface area (Å²) < 4.78 is 9.33. The molecular formula is C21H23N7O2. The van der Waals surface area contributed by atoms with Gasteiger partial charge in [-0.2, -0.15) is 5.10 Å². The molecule has 5 rings (SSSR count). The van der Waals surface area contributed by atoms with Gasteiger partial charge in [-0.25, -0.2) is 4.98 Å². The Kier molecular flexibility index (Phi) is 4.59. The van der Waals surface area contributed by atoms with Crippen LogP contribution in [0.5, 0.6) is 5.75 Å². The number of nitrogens with one attached hydrogen (secondary N) is 1. The lowest BCUT2D eigenvalue weighted by atomic mass is 10.1. The number of hydrogen-bond acceptors (Lipinski definition) is 7. The third kappa shape index (κ3) is 2.98. The van der Waals surface area contributed by atoms with E-state index in [0.29, 0.717) is 24.7 Å². The second kappa shape index (κ2) is 7.42. The van der Waals surface area contributed by atoms with Crippen molar-refractivity contribution in [2.24, 2.45) is 0 Å². The number of benzene rings is 1. The highest BCUT2D eigenvalue weighted by Gasteiger charge is 2.20. The third-order valence-corrected chi connectivity index (χ3v) is 5.57. The molecule has 30 heavy (non-hydrogen) atoms. The molecule has 3 aromatic heterocycles. The van der Waals surface area contributed by atoms with Crippen molar-refractivity contribution in [3.05, 3.63) is 53.2 Å². The first kappa shape index (κ1) is 18.6. The zero-order chi connectivity index (χ0) is 20.7. The molecule has 1 aliphatic rings. The number of anilines is 1. The number of fused-ring (bicyclic) bond motifs is 2. The van der Waals surface area contributed by atoms with Crippen LogP contribution in [-0.2, 0) is 19.5 Å². The molecule has 0 spiro atoms. The molecule has 0 aliphatic carbocycles. The Balaban J connectivity index is 1.49. The van der Waals surface area contributed by atoms with Crippen LogP contribution in [0.15, 0.2) is 30.7 Å². The molecule has 9 nitrogen and oxygen atoms in total. The zero-order valence-electron chi connectivity index (χ0n) is 17.0. The summed E-state index contributed by atoms with van der Waals surface area (Å²) in [6.45, 7) is 5.80. The highest BCUT2D eigenvalue weighted by molar-refractivity contribution is 5.80. The summed E-state index contributed by atoms with van der Waals surface area (Å²) in [5, 5.41) is 25.7. The molecule has 0 bridgehead atoms. The van der Waals surface area contributed by atoms with Gasteiger partial charge in [0, 0.05) is 41.5 Å². The van der Waals surface area contributed by atoms with Crippen LogP contribution in [0.25, 0.3) is 16.8 Å². The summed E-state index contributed by atoms with van der Waals surface area (Å²) >= 11 is 0. The Morgan fingerprint density at radius 3 is 3.03 bits per heavy atom. The van der Waals surface area contributed by atoms with Crippen LogP contribution < -0.4 is 10.1 Å². The molecule has 0 atom stereocenters. The fourth-order valence-corrected chi connectivity index (χ4v) is 4.16. The first-order valence-corrected chi connectivity index (χ1v) is 9.98. The fraction of sp³-hybridized carbons (Fsp3) is 0.333. The molecule has 0 unspecified atom stereocenters. The van der Waals surface area contributed by atoms with Gasteiger partial charge in [-0.3, -0.25) is 9.08 Å². The van der Waals surface area contributed by atoms with Crippen LogP contribution in [0, 0.1) is 13.8 Å². The predicted octanol–water partition coefficient (Wildman–Crippen LogP) is 2.14. The quantitative estimate of drug-likeness (QED) is 0.507. The normalized spacial score (nSPS) is 12.9. The van der Waals surface area contributed by atoms with E-state index in [0.717, 1.165) is 41.3 Å². The van der Waals surface area contributed by atoms with Crippen molar-refractivity contribution >= 4 is 11.6 Å². The summed E-state index contributed by atoms with van der Waals surface area (Å²) in [6, 6.07) is 6.14. The molecule has 9 heteroatoms. The lowest BCUT2D eigenvalue weighted by molar-refractivity contribution is 0.268. The lowest BCUT2D eigenvalue weighted by Gasteiger charge is -2.12. The van der Waals surface area contributed by atoms with E-state index in [1.165, 1.54) is 11.1 Å². The number of rotatable bonds is 6. The average molecular weight is 405 g/mol. The molecule has 0 amide bonds. The van der Waals surface area contributed by atoms with Gasteiger partial charge in [0.1, 0.15) is 12.1 Å². The van der Waals surface area contributed by atoms with Crippen molar-refractivity contribution in [1.82, 2.24) is 29.4 Å². The fourth-order valence-electron chi connectivity index (χ4n) is 4.16. The van der Waals surface area contributed by atoms with E-state index in [9.17, 15) is 5.11 Å². The van der Waals surface area contributed by atoms with Gasteiger partial charge in [0.15, 0.2) is 5.65 Å². The van der Waals surface area contributed by atoms with Gasteiger partial charge in [-0.1, -0.05) is 12.1 Å². The Hall–Kier alpha value is -3.46. The molecule has 0 fully saturated rings. The van der Waals surface area contributed by atoms with Crippen molar-refractivity contribution in [1.29, 1.82) is 0 Å². The van der Waals surface area contributed by atoms with E-state index in [1.54, 1.807) is 6.33 Å². The first-order valence-electron chi connectivity index (χ1n) is 9.98. The Morgan fingerprint density at radius 1 is 1.27 bits per heavy atom. The molecule has 2 N–H and O–H groups in total. The van der Waals surface area contributed by atoms with Crippen molar-refractivity contribution < 1.29 is 9.84 Å².